The molecule has 1 aliphatic rings. The van der Waals surface area contributed by atoms with Gasteiger partial charge >= 0.3 is 6.03 Å². The second kappa shape index (κ2) is 8.80. The van der Waals surface area contributed by atoms with Gasteiger partial charge in [-0.2, -0.15) is 0 Å². The van der Waals surface area contributed by atoms with Gasteiger partial charge in [0.05, 0.1) is 0 Å². The van der Waals surface area contributed by atoms with Crippen LogP contribution in [0.3, 0.4) is 0 Å². The summed E-state index contributed by atoms with van der Waals surface area (Å²) in [5, 5.41) is 5.79. The van der Waals surface area contributed by atoms with E-state index in [2.05, 4.69) is 10.6 Å². The molecular weight excluding hydrogens is 323 g/mol. The van der Waals surface area contributed by atoms with Crippen LogP contribution < -0.4 is 10.6 Å². The predicted molar refractivity (Wildman–Crippen MR) is 94.6 cm³/mol. The molecule has 6 nitrogen and oxygen atoms in total. The second-order valence-electron chi connectivity index (χ2n) is 6.49. The number of rotatable bonds is 5. The summed E-state index contributed by atoms with van der Waals surface area (Å²) >= 11 is 0. The van der Waals surface area contributed by atoms with Gasteiger partial charge in [-0.05, 0) is 39.9 Å². The maximum Gasteiger partial charge on any atom is 0.317 e. The molecule has 0 aliphatic carbocycles. The molecule has 0 spiro atoms. The Labute approximate surface area is 148 Å². The van der Waals surface area contributed by atoms with Crippen LogP contribution in [0.2, 0.25) is 0 Å². The molecule has 3 amide bonds. The van der Waals surface area contributed by atoms with Crippen molar-refractivity contribution in [3.63, 3.8) is 0 Å². The van der Waals surface area contributed by atoms with Gasteiger partial charge in [0.1, 0.15) is 11.9 Å². The van der Waals surface area contributed by atoms with Gasteiger partial charge in [0.2, 0.25) is 5.91 Å². The van der Waals surface area contributed by atoms with Crippen molar-refractivity contribution in [1.29, 1.82) is 0 Å². The Hall–Kier alpha value is -2.15. The van der Waals surface area contributed by atoms with E-state index in [9.17, 15) is 14.0 Å². The standard InChI is InChI=1S/C18H27FN4O2/c1-4-20-18(25)23-11-9-13(10-12-23)21-17(24)16(22(2)3)14-7-5-6-8-15(14)19/h5-8,13,16H,4,9-12H2,1-3H3,(H,20,25)(H,21,24)/t16-/m0/s1. The van der Waals surface area contributed by atoms with E-state index in [0.29, 0.717) is 38.0 Å². The maximum absolute atomic E-state index is 14.1. The van der Waals surface area contributed by atoms with Gasteiger partial charge in [-0.1, -0.05) is 18.2 Å². The van der Waals surface area contributed by atoms with Crippen molar-refractivity contribution in [3.05, 3.63) is 35.6 Å². The van der Waals surface area contributed by atoms with E-state index in [1.807, 2.05) is 6.92 Å². The van der Waals surface area contributed by atoms with Crippen molar-refractivity contribution >= 4 is 11.9 Å². The number of halogens is 1. The Balaban J connectivity index is 1.97. The fourth-order valence-corrected chi connectivity index (χ4v) is 3.12. The second-order valence-corrected chi connectivity index (χ2v) is 6.49. The molecule has 1 fully saturated rings. The third kappa shape index (κ3) is 4.92. The number of carbonyl (C=O) groups excluding carboxylic acids is 2. The van der Waals surface area contributed by atoms with E-state index in [-0.39, 0.29) is 23.8 Å². The quantitative estimate of drug-likeness (QED) is 0.850. The lowest BCUT2D eigenvalue weighted by Gasteiger charge is -2.34. The number of likely N-dealkylation sites (tertiary alicyclic amines) is 1. The summed E-state index contributed by atoms with van der Waals surface area (Å²) in [5.74, 6) is -0.603. The zero-order valence-corrected chi connectivity index (χ0v) is 15.1. The van der Waals surface area contributed by atoms with Crippen LogP contribution in [-0.4, -0.2) is 61.5 Å². The summed E-state index contributed by atoms with van der Waals surface area (Å²) < 4.78 is 14.1. The number of likely N-dealkylation sites (N-methyl/N-ethyl adjacent to an activating group) is 1. The molecule has 1 saturated heterocycles. The zero-order chi connectivity index (χ0) is 18.4. The number of carbonyl (C=O) groups is 2. The van der Waals surface area contributed by atoms with Crippen molar-refractivity contribution in [2.45, 2.75) is 31.8 Å². The largest absolute Gasteiger partial charge is 0.352 e. The minimum Gasteiger partial charge on any atom is -0.352 e. The van der Waals surface area contributed by atoms with E-state index in [1.165, 1.54) is 6.07 Å². The van der Waals surface area contributed by atoms with Crippen LogP contribution in [0, 0.1) is 5.82 Å². The van der Waals surface area contributed by atoms with Crippen LogP contribution >= 0.6 is 0 Å². The van der Waals surface area contributed by atoms with Gasteiger partial charge in [-0.25, -0.2) is 9.18 Å². The molecule has 0 unspecified atom stereocenters. The highest BCUT2D eigenvalue weighted by atomic mass is 19.1. The van der Waals surface area contributed by atoms with Gasteiger partial charge < -0.3 is 15.5 Å². The van der Waals surface area contributed by atoms with Crippen LogP contribution in [0.1, 0.15) is 31.4 Å². The lowest BCUT2D eigenvalue weighted by molar-refractivity contribution is -0.126. The number of nitrogens with zero attached hydrogens (tertiary/aromatic N) is 2. The SMILES string of the molecule is CCNC(=O)N1CCC(NC(=O)[C@H](c2ccccc2F)N(C)C)CC1. The average molecular weight is 350 g/mol. The number of nitrogens with one attached hydrogen (secondary N) is 2. The van der Waals surface area contributed by atoms with Crippen molar-refractivity contribution in [2.75, 3.05) is 33.7 Å². The third-order valence-electron chi connectivity index (χ3n) is 4.42. The molecule has 1 aliphatic heterocycles. The molecule has 1 aromatic carbocycles. The highest BCUT2D eigenvalue weighted by molar-refractivity contribution is 5.83. The number of hydrogen-bond acceptors (Lipinski definition) is 3. The van der Waals surface area contributed by atoms with Crippen molar-refractivity contribution in [1.82, 2.24) is 20.4 Å². The summed E-state index contributed by atoms with van der Waals surface area (Å²) in [6.45, 7) is 3.68. The molecule has 1 heterocycles. The number of urea groups is 1. The first-order valence-electron chi connectivity index (χ1n) is 8.68. The van der Waals surface area contributed by atoms with E-state index in [4.69, 9.17) is 0 Å². The van der Waals surface area contributed by atoms with Crippen molar-refractivity contribution < 1.29 is 14.0 Å². The van der Waals surface area contributed by atoms with Crippen LogP contribution in [0.4, 0.5) is 9.18 Å². The first-order valence-corrected chi connectivity index (χ1v) is 8.68. The first-order chi connectivity index (χ1) is 11.9. The summed E-state index contributed by atoms with van der Waals surface area (Å²) in [7, 11) is 3.52. The fraction of sp³-hybridized carbons (Fsp3) is 0.556. The summed E-state index contributed by atoms with van der Waals surface area (Å²) in [6.07, 6.45) is 1.39. The van der Waals surface area contributed by atoms with Crippen molar-refractivity contribution in [2.24, 2.45) is 0 Å². The Kier molecular flexibility index (Phi) is 6.75. The number of benzene rings is 1. The smallest absolute Gasteiger partial charge is 0.317 e. The molecule has 0 saturated carbocycles. The number of piperidine rings is 1. The van der Waals surface area contributed by atoms with E-state index < -0.39 is 6.04 Å². The lowest BCUT2D eigenvalue weighted by Crippen LogP contribution is -2.51. The van der Waals surface area contributed by atoms with Gasteiger partial charge in [0.25, 0.3) is 0 Å². The Morgan fingerprint density at radius 3 is 2.48 bits per heavy atom. The minimum absolute atomic E-state index is 0.00704. The van der Waals surface area contributed by atoms with E-state index in [0.717, 1.165) is 0 Å². The Bertz CT molecular complexity index is 600. The van der Waals surface area contributed by atoms with Gasteiger partial charge in [0.15, 0.2) is 0 Å². The predicted octanol–water partition coefficient (Wildman–Crippen LogP) is 1.74. The molecule has 1 atom stereocenters. The molecule has 138 valence electrons. The van der Waals surface area contributed by atoms with Crippen LogP contribution in [0.25, 0.3) is 0 Å². The monoisotopic (exact) mass is 350 g/mol. The summed E-state index contributed by atoms with van der Waals surface area (Å²) in [5.41, 5.74) is 0.366. The normalized spacial score (nSPS) is 16.6. The Morgan fingerprint density at radius 1 is 1.28 bits per heavy atom. The van der Waals surface area contributed by atoms with Crippen LogP contribution in [-0.2, 0) is 4.79 Å². The topological polar surface area (TPSA) is 64.7 Å². The molecule has 7 heteroatoms. The zero-order valence-electron chi connectivity index (χ0n) is 15.1. The molecule has 2 rings (SSSR count). The average Bonchev–Trinajstić information content (AvgIpc) is 2.57. The highest BCUT2D eigenvalue weighted by Crippen LogP contribution is 2.22. The van der Waals surface area contributed by atoms with Gasteiger partial charge in [0, 0.05) is 31.2 Å². The van der Waals surface area contributed by atoms with Crippen LogP contribution in [0.5, 0.6) is 0 Å². The number of amides is 3. The lowest BCUT2D eigenvalue weighted by atomic mass is 10.0. The molecule has 0 radical (unpaired) electrons. The minimum atomic E-state index is -0.678. The first kappa shape index (κ1) is 19.2. The summed E-state index contributed by atoms with van der Waals surface area (Å²) in [6, 6.07) is 5.59. The Morgan fingerprint density at radius 2 is 1.92 bits per heavy atom. The van der Waals surface area contributed by atoms with E-state index in [1.54, 1.807) is 42.1 Å². The molecule has 0 aromatic heterocycles. The molecule has 0 bridgehead atoms. The van der Waals surface area contributed by atoms with E-state index >= 15 is 0 Å². The molecule has 2 N–H and O–H groups in total. The third-order valence-corrected chi connectivity index (χ3v) is 4.42. The van der Waals surface area contributed by atoms with Crippen molar-refractivity contribution in [3.8, 4) is 0 Å². The number of hydrogen-bond donors (Lipinski definition) is 2. The van der Waals surface area contributed by atoms with Gasteiger partial charge in [-0.3, -0.25) is 9.69 Å². The molecular formula is C18H27FN4O2. The molecule has 25 heavy (non-hydrogen) atoms. The summed E-state index contributed by atoms with van der Waals surface area (Å²) in [4.78, 5) is 28.0. The fourth-order valence-electron chi connectivity index (χ4n) is 3.12. The van der Waals surface area contributed by atoms with Crippen LogP contribution in [0.15, 0.2) is 24.3 Å². The molecule has 1 aromatic rings. The van der Waals surface area contributed by atoms with Gasteiger partial charge in [-0.15, -0.1) is 0 Å². The maximum atomic E-state index is 14.1. The highest BCUT2D eigenvalue weighted by Gasteiger charge is 2.29.